The second-order valence-corrected chi connectivity index (χ2v) is 6.71. The smallest absolute Gasteiger partial charge is 0.282 e. The second kappa shape index (κ2) is 7.18. The summed E-state index contributed by atoms with van der Waals surface area (Å²) in [6.45, 7) is 4.40. The fraction of sp³-hybridized carbons (Fsp3) is 0.909. The summed E-state index contributed by atoms with van der Waals surface area (Å²) in [6.07, 6.45) is 0.687. The van der Waals surface area contributed by atoms with Crippen molar-refractivity contribution in [3.63, 3.8) is 0 Å². The number of nitrogens with zero attached hydrogens (tertiary/aromatic N) is 3. The van der Waals surface area contributed by atoms with Crippen molar-refractivity contribution in [2.45, 2.75) is 13.3 Å². The number of amides is 1. The molecule has 0 spiro atoms. The fourth-order valence-corrected chi connectivity index (χ4v) is 3.51. The molecule has 1 heterocycles. The summed E-state index contributed by atoms with van der Waals surface area (Å²) in [6, 6.07) is 0. The average Bonchev–Trinajstić information content (AvgIpc) is 2.39. The van der Waals surface area contributed by atoms with E-state index < -0.39 is 10.2 Å². The van der Waals surface area contributed by atoms with Crippen molar-refractivity contribution in [2.24, 2.45) is 0 Å². The molecule has 1 saturated heterocycles. The molecule has 0 radical (unpaired) electrons. The Hall–Kier alpha value is -0.700. The molecule has 19 heavy (non-hydrogen) atoms. The van der Waals surface area contributed by atoms with Gasteiger partial charge in [-0.2, -0.15) is 17.0 Å². The van der Waals surface area contributed by atoms with E-state index in [2.05, 4.69) is 5.32 Å². The monoisotopic (exact) mass is 292 g/mol. The first kappa shape index (κ1) is 16.4. The van der Waals surface area contributed by atoms with Crippen LogP contribution in [0.15, 0.2) is 0 Å². The molecule has 0 atom stereocenters. The minimum atomic E-state index is -3.54. The predicted molar refractivity (Wildman–Crippen MR) is 73.9 cm³/mol. The molecule has 0 aromatic rings. The lowest BCUT2D eigenvalue weighted by Crippen LogP contribution is -2.53. The Morgan fingerprint density at radius 3 is 2.32 bits per heavy atom. The van der Waals surface area contributed by atoms with Crippen LogP contribution in [0.5, 0.6) is 0 Å². The number of carbonyl (C=O) groups is 1. The van der Waals surface area contributed by atoms with Gasteiger partial charge in [0.05, 0.1) is 6.54 Å². The number of rotatable bonds is 6. The van der Waals surface area contributed by atoms with Gasteiger partial charge in [0.25, 0.3) is 10.2 Å². The molecule has 0 aliphatic carbocycles. The van der Waals surface area contributed by atoms with Crippen molar-refractivity contribution < 1.29 is 13.2 Å². The molecule has 0 bridgehead atoms. The van der Waals surface area contributed by atoms with E-state index in [0.29, 0.717) is 39.1 Å². The van der Waals surface area contributed by atoms with Gasteiger partial charge in [0.1, 0.15) is 0 Å². The summed E-state index contributed by atoms with van der Waals surface area (Å²) in [5.41, 5.74) is 0. The molecule has 7 nitrogen and oxygen atoms in total. The second-order valence-electron chi connectivity index (χ2n) is 4.78. The zero-order chi connectivity index (χ0) is 14.5. The highest BCUT2D eigenvalue weighted by atomic mass is 32.2. The maximum Gasteiger partial charge on any atom is 0.282 e. The van der Waals surface area contributed by atoms with Crippen LogP contribution in [0.4, 0.5) is 0 Å². The van der Waals surface area contributed by atoms with Crippen molar-refractivity contribution in [1.29, 1.82) is 0 Å². The fourth-order valence-electron chi connectivity index (χ4n) is 1.86. The minimum Gasteiger partial charge on any atom is -0.348 e. The first-order valence-corrected chi connectivity index (χ1v) is 7.95. The Balaban J connectivity index is 2.80. The van der Waals surface area contributed by atoms with E-state index in [1.54, 1.807) is 14.1 Å². The van der Waals surface area contributed by atoms with Crippen LogP contribution in [0, 0.1) is 0 Å². The Morgan fingerprint density at radius 1 is 1.26 bits per heavy atom. The molecule has 8 heteroatoms. The van der Waals surface area contributed by atoms with Crippen molar-refractivity contribution in [3.05, 3.63) is 0 Å². The van der Waals surface area contributed by atoms with E-state index in [-0.39, 0.29) is 12.5 Å². The van der Waals surface area contributed by atoms with Gasteiger partial charge >= 0.3 is 0 Å². The number of carbonyl (C=O) groups excluding carboxylic acids is 1. The normalized spacial score (nSPS) is 17.7. The Morgan fingerprint density at radius 2 is 1.84 bits per heavy atom. The quantitative estimate of drug-likeness (QED) is 0.677. The number of likely N-dealkylation sites (N-methyl/N-ethyl adjacent to an activating group) is 1. The highest BCUT2D eigenvalue weighted by Crippen LogP contribution is 2.10. The van der Waals surface area contributed by atoms with E-state index in [0.717, 1.165) is 0 Å². The van der Waals surface area contributed by atoms with Crippen molar-refractivity contribution in [3.8, 4) is 0 Å². The van der Waals surface area contributed by atoms with Gasteiger partial charge in [-0.1, -0.05) is 6.92 Å². The molecule has 1 N–H and O–H groups in total. The summed E-state index contributed by atoms with van der Waals surface area (Å²) in [7, 11) is -0.278. The third-order valence-electron chi connectivity index (χ3n) is 3.01. The molecule has 1 aliphatic rings. The molecule has 0 unspecified atom stereocenters. The van der Waals surface area contributed by atoms with Gasteiger partial charge in [-0.15, -0.1) is 0 Å². The molecule has 1 amide bonds. The highest BCUT2D eigenvalue weighted by Gasteiger charge is 2.31. The number of hydrogen-bond donors (Lipinski definition) is 1. The lowest BCUT2D eigenvalue weighted by Gasteiger charge is -2.32. The van der Waals surface area contributed by atoms with Crippen LogP contribution in [-0.4, -0.2) is 81.2 Å². The molecular formula is C11H24N4O3S. The number of nitrogens with one attached hydrogen (secondary N) is 1. The molecule has 0 aromatic carbocycles. The summed E-state index contributed by atoms with van der Waals surface area (Å²) in [4.78, 5) is 13.2. The molecule has 0 saturated carbocycles. The first-order valence-electron chi connectivity index (χ1n) is 6.55. The van der Waals surface area contributed by atoms with E-state index in [4.69, 9.17) is 0 Å². The van der Waals surface area contributed by atoms with Gasteiger partial charge in [0.2, 0.25) is 5.91 Å². The highest BCUT2D eigenvalue weighted by molar-refractivity contribution is 7.86. The molecule has 1 aliphatic heterocycles. The summed E-state index contributed by atoms with van der Waals surface area (Å²) >= 11 is 0. The van der Waals surface area contributed by atoms with Crippen molar-refractivity contribution in [1.82, 2.24) is 18.8 Å². The summed E-state index contributed by atoms with van der Waals surface area (Å²) < 4.78 is 27.7. The van der Waals surface area contributed by atoms with Gasteiger partial charge in [0, 0.05) is 46.8 Å². The molecule has 1 fully saturated rings. The van der Waals surface area contributed by atoms with Crippen molar-refractivity contribution in [2.75, 3.05) is 53.4 Å². The SMILES string of the molecule is CCCN(CC(=O)N(C)C)S(=O)(=O)N1CCNCC1. The van der Waals surface area contributed by atoms with E-state index in [9.17, 15) is 13.2 Å². The van der Waals surface area contributed by atoms with Crippen LogP contribution in [0.2, 0.25) is 0 Å². The topological polar surface area (TPSA) is 73.0 Å². The van der Waals surface area contributed by atoms with Crippen LogP contribution >= 0.6 is 0 Å². The Labute approximate surface area is 115 Å². The van der Waals surface area contributed by atoms with Gasteiger partial charge in [0.15, 0.2) is 0 Å². The van der Waals surface area contributed by atoms with Crippen LogP contribution < -0.4 is 5.32 Å². The van der Waals surface area contributed by atoms with Crippen LogP contribution in [0.1, 0.15) is 13.3 Å². The third kappa shape index (κ3) is 4.41. The average molecular weight is 292 g/mol. The van der Waals surface area contributed by atoms with Gasteiger partial charge in [-0.05, 0) is 6.42 Å². The summed E-state index contributed by atoms with van der Waals surface area (Å²) in [5.74, 6) is -0.202. The molecule has 0 aromatic heterocycles. The third-order valence-corrected chi connectivity index (χ3v) is 4.99. The molecule has 112 valence electrons. The lowest BCUT2D eigenvalue weighted by molar-refractivity contribution is -0.128. The Kier molecular flexibility index (Phi) is 6.18. The van der Waals surface area contributed by atoms with Gasteiger partial charge < -0.3 is 10.2 Å². The largest absolute Gasteiger partial charge is 0.348 e. The van der Waals surface area contributed by atoms with E-state index >= 15 is 0 Å². The van der Waals surface area contributed by atoms with Crippen molar-refractivity contribution >= 4 is 16.1 Å². The Bertz CT molecular complexity index is 391. The minimum absolute atomic E-state index is 0.0902. The standard InChI is InChI=1S/C11H24N4O3S/c1-4-7-15(10-11(16)13(2)3)19(17,18)14-8-5-12-6-9-14/h12H,4-10H2,1-3H3. The zero-order valence-electron chi connectivity index (χ0n) is 11.9. The summed E-state index contributed by atoms with van der Waals surface area (Å²) in [5, 5.41) is 3.12. The number of hydrogen-bond acceptors (Lipinski definition) is 4. The maximum absolute atomic E-state index is 12.5. The van der Waals surface area contributed by atoms with Crippen LogP contribution in [0.25, 0.3) is 0 Å². The van der Waals surface area contributed by atoms with Crippen LogP contribution in [0.3, 0.4) is 0 Å². The van der Waals surface area contributed by atoms with E-state index in [1.807, 2.05) is 6.92 Å². The molecular weight excluding hydrogens is 268 g/mol. The molecule has 1 rings (SSSR count). The lowest BCUT2D eigenvalue weighted by atomic mass is 10.4. The predicted octanol–water partition coefficient (Wildman–Crippen LogP) is -1.06. The number of piperazine rings is 1. The first-order chi connectivity index (χ1) is 8.89. The van der Waals surface area contributed by atoms with Gasteiger partial charge in [-0.3, -0.25) is 4.79 Å². The van der Waals surface area contributed by atoms with Gasteiger partial charge in [-0.25, -0.2) is 0 Å². The van der Waals surface area contributed by atoms with E-state index in [1.165, 1.54) is 13.5 Å². The zero-order valence-corrected chi connectivity index (χ0v) is 12.7. The van der Waals surface area contributed by atoms with Crippen LogP contribution in [-0.2, 0) is 15.0 Å². The maximum atomic E-state index is 12.5.